The Bertz CT molecular complexity index is 494. The molecule has 0 aliphatic heterocycles. The fourth-order valence-electron chi connectivity index (χ4n) is 1.54. The molecule has 0 atom stereocenters. The molecule has 0 amide bonds. The zero-order valence-electron chi connectivity index (χ0n) is 11.4. The van der Waals surface area contributed by atoms with Gasteiger partial charge in [-0.1, -0.05) is 11.8 Å². The number of benzene rings is 1. The highest BCUT2D eigenvalue weighted by molar-refractivity contribution is 7.80. The van der Waals surface area contributed by atoms with E-state index in [0.717, 1.165) is 19.0 Å². The quantitative estimate of drug-likeness (QED) is 0.283. The molecule has 0 radical (unpaired) electrons. The molecule has 0 saturated carbocycles. The van der Waals surface area contributed by atoms with Crippen molar-refractivity contribution in [1.29, 1.82) is 0 Å². The average Bonchev–Trinajstić information content (AvgIpc) is 2.37. The molecule has 110 valence electrons. The Labute approximate surface area is 122 Å². The molecule has 8 heteroatoms. The maximum absolute atomic E-state index is 11.6. The van der Waals surface area contributed by atoms with E-state index in [9.17, 15) is 15.2 Å². The summed E-state index contributed by atoms with van der Waals surface area (Å²) < 4.78 is 0. The van der Waals surface area contributed by atoms with Crippen molar-refractivity contribution in [2.24, 2.45) is 0 Å². The lowest BCUT2D eigenvalue weighted by molar-refractivity contribution is -0.858. The van der Waals surface area contributed by atoms with Crippen molar-refractivity contribution in [3.63, 3.8) is 0 Å². The predicted octanol–water partition coefficient (Wildman–Crippen LogP) is -0.511. The fourth-order valence-corrected chi connectivity index (χ4v) is 1.75. The van der Waals surface area contributed by atoms with Gasteiger partial charge in [0.15, 0.2) is 5.11 Å². The van der Waals surface area contributed by atoms with E-state index in [1.165, 1.54) is 17.0 Å². The summed E-state index contributed by atoms with van der Waals surface area (Å²) in [7, 11) is 4.12. The summed E-state index contributed by atoms with van der Waals surface area (Å²) in [5.74, 6) is -0.336. The van der Waals surface area contributed by atoms with Gasteiger partial charge in [0.2, 0.25) is 0 Å². The van der Waals surface area contributed by atoms with E-state index < -0.39 is 4.92 Å². The smallest absolute Gasteiger partial charge is 0.271 e. The van der Waals surface area contributed by atoms with E-state index in [0.29, 0.717) is 6.54 Å². The van der Waals surface area contributed by atoms with Gasteiger partial charge in [-0.2, -0.15) is 0 Å². The van der Waals surface area contributed by atoms with Gasteiger partial charge in [0, 0.05) is 30.8 Å². The van der Waals surface area contributed by atoms with Crippen LogP contribution in [-0.4, -0.2) is 37.2 Å². The largest absolute Gasteiger partial charge is 0.871 e. The van der Waals surface area contributed by atoms with E-state index in [2.05, 4.69) is 24.7 Å². The van der Waals surface area contributed by atoms with E-state index in [4.69, 9.17) is 12.2 Å². The molecule has 7 nitrogen and oxygen atoms in total. The highest BCUT2D eigenvalue weighted by Crippen LogP contribution is 2.25. The maximum atomic E-state index is 11.6. The first kappa shape index (κ1) is 16.1. The summed E-state index contributed by atoms with van der Waals surface area (Å²) >= 11 is 5.05. The summed E-state index contributed by atoms with van der Waals surface area (Å²) in [6, 6.07) is 3.50. The minimum absolute atomic E-state index is 0.106. The normalized spacial score (nSPS) is 10.3. The van der Waals surface area contributed by atoms with Crippen LogP contribution in [0, 0.1) is 10.1 Å². The summed E-state index contributed by atoms with van der Waals surface area (Å²) in [4.78, 5) is 11.4. The first-order valence-electron chi connectivity index (χ1n) is 6.19. The molecule has 3 N–H and O–H groups in total. The van der Waals surface area contributed by atoms with Crippen LogP contribution in [0.5, 0.6) is 5.75 Å². The molecule has 0 aliphatic carbocycles. The molecule has 1 aromatic rings. The molecule has 0 spiro atoms. The fraction of sp³-hybridized carbons (Fsp3) is 0.417. The van der Waals surface area contributed by atoms with Crippen LogP contribution in [0.4, 0.5) is 11.4 Å². The molecule has 0 saturated heterocycles. The maximum Gasteiger partial charge on any atom is 0.271 e. The monoisotopic (exact) mass is 298 g/mol. The van der Waals surface area contributed by atoms with Crippen molar-refractivity contribution in [1.82, 2.24) is 5.32 Å². The van der Waals surface area contributed by atoms with Gasteiger partial charge >= 0.3 is 0 Å². The minimum atomic E-state index is -0.555. The Hall–Kier alpha value is -1.93. The zero-order chi connectivity index (χ0) is 15.1. The Morgan fingerprint density at radius 1 is 1.45 bits per heavy atom. The molecule has 0 aliphatic rings. The zero-order valence-corrected chi connectivity index (χ0v) is 12.3. The Morgan fingerprint density at radius 3 is 2.75 bits per heavy atom. The van der Waals surface area contributed by atoms with Crippen LogP contribution in [0.25, 0.3) is 0 Å². The van der Waals surface area contributed by atoms with Gasteiger partial charge in [0.1, 0.15) is 0 Å². The van der Waals surface area contributed by atoms with E-state index in [1.54, 1.807) is 0 Å². The van der Waals surface area contributed by atoms with Gasteiger partial charge in [-0.25, -0.2) is 0 Å². The standard InChI is InChI=1S/C12H18N4O3S/c1-15(2)7-3-6-13-12(20)14-10-8-9(16(18)19)4-5-11(10)17/h4-5,8,17H,3,6-7H2,1-2H3,(H2,13,14,20). The van der Waals surface area contributed by atoms with E-state index in [1.807, 2.05) is 0 Å². The number of nitro groups is 1. The van der Waals surface area contributed by atoms with Gasteiger partial charge in [0.25, 0.3) is 5.69 Å². The van der Waals surface area contributed by atoms with Crippen molar-refractivity contribution in [2.45, 2.75) is 6.42 Å². The third-order valence-corrected chi connectivity index (χ3v) is 2.81. The number of hydrogen-bond donors (Lipinski definition) is 3. The number of hydrogen-bond acceptors (Lipinski definition) is 4. The molecule has 1 rings (SSSR count). The lowest BCUT2D eigenvalue weighted by atomic mass is 10.2. The Kier molecular flexibility index (Phi) is 6.13. The van der Waals surface area contributed by atoms with Crippen molar-refractivity contribution in [3.8, 4) is 5.75 Å². The second-order valence-electron chi connectivity index (χ2n) is 4.63. The van der Waals surface area contributed by atoms with Crippen molar-refractivity contribution in [3.05, 3.63) is 28.3 Å². The number of nitro benzene ring substituents is 1. The number of non-ortho nitro benzene ring substituents is 1. The SMILES string of the molecule is C[NH+](C)CCCNC(=S)Nc1cc([N+](=O)[O-])ccc1[O-]. The Balaban J connectivity index is 2.53. The third-order valence-electron chi connectivity index (χ3n) is 2.56. The van der Waals surface area contributed by atoms with Gasteiger partial charge < -0.3 is 20.6 Å². The lowest BCUT2D eigenvalue weighted by Gasteiger charge is -2.16. The topological polar surface area (TPSA) is 94.7 Å². The lowest BCUT2D eigenvalue weighted by Crippen LogP contribution is -3.05. The minimum Gasteiger partial charge on any atom is -0.871 e. The van der Waals surface area contributed by atoms with Crippen molar-refractivity contribution in [2.75, 3.05) is 32.5 Å². The van der Waals surface area contributed by atoms with Crippen molar-refractivity contribution < 1.29 is 14.9 Å². The molecule has 0 heterocycles. The average molecular weight is 298 g/mol. The molecule has 20 heavy (non-hydrogen) atoms. The van der Waals surface area contributed by atoms with Crippen LogP contribution in [0.2, 0.25) is 0 Å². The van der Waals surface area contributed by atoms with Crippen LogP contribution >= 0.6 is 12.2 Å². The predicted molar refractivity (Wildman–Crippen MR) is 79.1 cm³/mol. The van der Waals surface area contributed by atoms with E-state index in [-0.39, 0.29) is 22.2 Å². The second-order valence-corrected chi connectivity index (χ2v) is 5.04. The number of anilines is 1. The summed E-state index contributed by atoms with van der Waals surface area (Å²) in [6.07, 6.45) is 0.934. The van der Waals surface area contributed by atoms with Crippen LogP contribution in [-0.2, 0) is 0 Å². The number of thiocarbonyl (C=S) groups is 1. The first-order valence-corrected chi connectivity index (χ1v) is 6.60. The molecule has 0 unspecified atom stereocenters. The number of nitrogens with zero attached hydrogens (tertiary/aromatic N) is 1. The van der Waals surface area contributed by atoms with E-state index >= 15 is 0 Å². The van der Waals surface area contributed by atoms with Gasteiger partial charge in [-0.05, 0) is 12.2 Å². The third kappa shape index (κ3) is 5.37. The molecule has 1 aromatic carbocycles. The number of nitrogens with one attached hydrogen (secondary N) is 3. The summed E-state index contributed by atoms with van der Waals surface area (Å²) in [6.45, 7) is 1.68. The second kappa shape index (κ2) is 7.61. The first-order chi connectivity index (χ1) is 9.40. The molecule has 0 fully saturated rings. The number of quaternary nitrogens is 1. The number of rotatable bonds is 6. The van der Waals surface area contributed by atoms with Crippen LogP contribution < -0.4 is 20.6 Å². The molecule has 0 aromatic heterocycles. The van der Waals surface area contributed by atoms with Gasteiger partial charge in [0.05, 0.1) is 25.6 Å². The highest BCUT2D eigenvalue weighted by Gasteiger charge is 2.07. The van der Waals surface area contributed by atoms with Gasteiger partial charge in [-0.3, -0.25) is 10.1 Å². The van der Waals surface area contributed by atoms with Crippen molar-refractivity contribution >= 4 is 28.7 Å². The van der Waals surface area contributed by atoms with Crippen LogP contribution in [0.3, 0.4) is 0 Å². The molecular weight excluding hydrogens is 280 g/mol. The van der Waals surface area contributed by atoms with Crippen LogP contribution in [0.15, 0.2) is 18.2 Å². The Morgan fingerprint density at radius 2 is 2.15 bits per heavy atom. The van der Waals surface area contributed by atoms with Crippen LogP contribution in [0.1, 0.15) is 6.42 Å². The summed E-state index contributed by atoms with van der Waals surface area (Å²) in [5, 5.41) is 28.2. The van der Waals surface area contributed by atoms with Gasteiger partial charge in [-0.15, -0.1) is 0 Å². The summed E-state index contributed by atoms with van der Waals surface area (Å²) in [5.41, 5.74) is -0.0407. The molecule has 0 bridgehead atoms. The highest BCUT2D eigenvalue weighted by atomic mass is 32.1. The molecular formula is C12H18N4O3S.